The molecule has 1 aliphatic rings. The Labute approximate surface area is 132 Å². The monoisotopic (exact) mass is 302 g/mol. The van der Waals surface area contributed by atoms with Gasteiger partial charge in [-0.05, 0) is 37.8 Å². The van der Waals surface area contributed by atoms with Crippen LogP contribution in [-0.4, -0.2) is 29.3 Å². The zero-order valence-electron chi connectivity index (χ0n) is 14.0. The Morgan fingerprint density at radius 2 is 1.86 bits per heavy atom. The maximum absolute atomic E-state index is 12.6. The summed E-state index contributed by atoms with van der Waals surface area (Å²) in [6.07, 6.45) is 2.08. The number of hydrogen-bond acceptors (Lipinski definition) is 2. The minimum atomic E-state index is -0.246. The topological polar surface area (TPSA) is 49.4 Å². The molecule has 0 aromatic heterocycles. The number of carbonyl (C=O) groups excluding carboxylic acids is 2. The quantitative estimate of drug-likeness (QED) is 0.909. The third-order valence-electron chi connectivity index (χ3n) is 4.40. The van der Waals surface area contributed by atoms with Gasteiger partial charge in [-0.15, -0.1) is 0 Å². The van der Waals surface area contributed by atoms with Crippen LogP contribution in [0, 0.1) is 5.92 Å². The van der Waals surface area contributed by atoms with Gasteiger partial charge in [0.05, 0.1) is 5.92 Å². The minimum Gasteiger partial charge on any atom is -0.339 e. The van der Waals surface area contributed by atoms with Gasteiger partial charge in [0.25, 0.3) is 0 Å². The summed E-state index contributed by atoms with van der Waals surface area (Å²) in [5.41, 5.74) is 3.24. The van der Waals surface area contributed by atoms with Gasteiger partial charge in [0, 0.05) is 24.7 Å². The molecule has 1 aromatic carbocycles. The lowest BCUT2D eigenvalue weighted by molar-refractivity contribution is -0.129. The van der Waals surface area contributed by atoms with Crippen LogP contribution in [0.4, 0.5) is 5.69 Å². The molecule has 1 aromatic rings. The fraction of sp³-hybridized carbons (Fsp3) is 0.556. The molecule has 1 N–H and O–H groups in total. The van der Waals surface area contributed by atoms with Crippen molar-refractivity contribution in [1.82, 2.24) is 4.90 Å². The summed E-state index contributed by atoms with van der Waals surface area (Å²) >= 11 is 0. The number of anilines is 1. The lowest BCUT2D eigenvalue weighted by Crippen LogP contribution is -2.33. The second-order valence-corrected chi connectivity index (χ2v) is 6.19. The highest BCUT2D eigenvalue weighted by Gasteiger charge is 2.35. The van der Waals surface area contributed by atoms with Crippen LogP contribution >= 0.6 is 0 Å². The van der Waals surface area contributed by atoms with Crippen LogP contribution in [0.2, 0.25) is 0 Å². The molecule has 0 unspecified atom stereocenters. The van der Waals surface area contributed by atoms with Crippen LogP contribution in [0.25, 0.3) is 0 Å². The number of para-hydroxylation sites is 1. The Hall–Kier alpha value is -1.84. The van der Waals surface area contributed by atoms with Crippen molar-refractivity contribution in [3.05, 3.63) is 29.3 Å². The summed E-state index contributed by atoms with van der Waals surface area (Å²) in [6, 6.07) is 6.29. The second kappa shape index (κ2) is 6.95. The molecule has 4 heteroatoms. The largest absolute Gasteiger partial charge is 0.339 e. The number of amides is 2. The number of carbonyl (C=O) groups is 2. The van der Waals surface area contributed by atoms with E-state index < -0.39 is 0 Å². The Balaban J connectivity index is 2.15. The molecule has 1 aliphatic heterocycles. The zero-order chi connectivity index (χ0) is 16.3. The Kier molecular flexibility index (Phi) is 5.22. The SMILES string of the molecule is CCc1cccc(CC)c1NC(=O)[C@H]1CC(=O)N(C(C)C)C1. The highest BCUT2D eigenvalue weighted by Crippen LogP contribution is 2.26. The molecule has 1 atom stereocenters. The van der Waals surface area contributed by atoms with Gasteiger partial charge < -0.3 is 10.2 Å². The molecule has 1 heterocycles. The number of benzene rings is 1. The molecule has 1 saturated heterocycles. The van der Waals surface area contributed by atoms with Crippen molar-refractivity contribution in [3.63, 3.8) is 0 Å². The van der Waals surface area contributed by atoms with Crippen LogP contribution in [0.1, 0.15) is 45.2 Å². The first-order valence-corrected chi connectivity index (χ1v) is 8.19. The molecule has 0 bridgehead atoms. The van der Waals surface area contributed by atoms with Gasteiger partial charge in [0.2, 0.25) is 11.8 Å². The molecule has 0 radical (unpaired) electrons. The van der Waals surface area contributed by atoms with Gasteiger partial charge in [-0.25, -0.2) is 0 Å². The second-order valence-electron chi connectivity index (χ2n) is 6.19. The number of nitrogens with one attached hydrogen (secondary N) is 1. The van der Waals surface area contributed by atoms with E-state index in [4.69, 9.17) is 0 Å². The average molecular weight is 302 g/mol. The molecule has 1 fully saturated rings. The van der Waals surface area contributed by atoms with E-state index in [0.717, 1.165) is 29.7 Å². The Morgan fingerprint density at radius 3 is 2.32 bits per heavy atom. The third-order valence-corrected chi connectivity index (χ3v) is 4.40. The summed E-state index contributed by atoms with van der Waals surface area (Å²) in [7, 11) is 0. The molecular formula is C18H26N2O2. The minimum absolute atomic E-state index is 0.0351. The van der Waals surface area contributed by atoms with Crippen molar-refractivity contribution in [2.75, 3.05) is 11.9 Å². The number of nitrogens with zero attached hydrogens (tertiary/aromatic N) is 1. The van der Waals surface area contributed by atoms with Crippen molar-refractivity contribution in [2.24, 2.45) is 5.92 Å². The maximum atomic E-state index is 12.6. The van der Waals surface area contributed by atoms with E-state index in [0.29, 0.717) is 13.0 Å². The number of rotatable bonds is 5. The van der Waals surface area contributed by atoms with Gasteiger partial charge in [-0.2, -0.15) is 0 Å². The lowest BCUT2D eigenvalue weighted by Gasteiger charge is -2.21. The van der Waals surface area contributed by atoms with Crippen LogP contribution in [-0.2, 0) is 22.4 Å². The first-order chi connectivity index (χ1) is 10.5. The van der Waals surface area contributed by atoms with E-state index >= 15 is 0 Å². The summed E-state index contributed by atoms with van der Waals surface area (Å²) in [5, 5.41) is 3.09. The average Bonchev–Trinajstić information content (AvgIpc) is 2.89. The van der Waals surface area contributed by atoms with E-state index in [2.05, 4.69) is 31.3 Å². The first-order valence-electron chi connectivity index (χ1n) is 8.19. The molecule has 2 rings (SSSR count). The highest BCUT2D eigenvalue weighted by molar-refractivity contribution is 5.98. The van der Waals surface area contributed by atoms with Crippen LogP contribution < -0.4 is 5.32 Å². The zero-order valence-corrected chi connectivity index (χ0v) is 14.0. The smallest absolute Gasteiger partial charge is 0.229 e. The van der Waals surface area contributed by atoms with E-state index in [-0.39, 0.29) is 23.8 Å². The molecule has 22 heavy (non-hydrogen) atoms. The van der Waals surface area contributed by atoms with E-state index in [1.807, 2.05) is 19.9 Å². The predicted octanol–water partition coefficient (Wildman–Crippen LogP) is 3.01. The lowest BCUT2D eigenvalue weighted by atomic mass is 10.0. The molecule has 2 amide bonds. The number of aryl methyl sites for hydroxylation is 2. The Morgan fingerprint density at radius 1 is 1.27 bits per heavy atom. The van der Waals surface area contributed by atoms with Gasteiger partial charge in [-0.1, -0.05) is 32.0 Å². The van der Waals surface area contributed by atoms with Crippen molar-refractivity contribution >= 4 is 17.5 Å². The van der Waals surface area contributed by atoms with E-state index in [9.17, 15) is 9.59 Å². The summed E-state index contributed by atoms with van der Waals surface area (Å²) in [6.45, 7) is 8.67. The normalized spacial score (nSPS) is 18.1. The van der Waals surface area contributed by atoms with Gasteiger partial charge in [0.15, 0.2) is 0 Å². The maximum Gasteiger partial charge on any atom is 0.229 e. The summed E-state index contributed by atoms with van der Waals surface area (Å²) in [4.78, 5) is 26.3. The summed E-state index contributed by atoms with van der Waals surface area (Å²) in [5.74, 6) is -0.203. The van der Waals surface area contributed by atoms with Crippen molar-refractivity contribution in [1.29, 1.82) is 0 Å². The van der Waals surface area contributed by atoms with E-state index in [1.165, 1.54) is 0 Å². The molecular weight excluding hydrogens is 276 g/mol. The Bertz CT molecular complexity index is 544. The summed E-state index contributed by atoms with van der Waals surface area (Å²) < 4.78 is 0. The fourth-order valence-corrected chi connectivity index (χ4v) is 3.03. The molecule has 0 saturated carbocycles. The number of hydrogen-bond donors (Lipinski definition) is 1. The van der Waals surface area contributed by atoms with Crippen LogP contribution in [0.3, 0.4) is 0 Å². The van der Waals surface area contributed by atoms with Crippen molar-refractivity contribution < 1.29 is 9.59 Å². The fourth-order valence-electron chi connectivity index (χ4n) is 3.03. The highest BCUT2D eigenvalue weighted by atomic mass is 16.2. The third kappa shape index (κ3) is 3.32. The van der Waals surface area contributed by atoms with Crippen molar-refractivity contribution in [3.8, 4) is 0 Å². The first kappa shape index (κ1) is 16.5. The molecule has 0 aliphatic carbocycles. The van der Waals surface area contributed by atoms with E-state index in [1.54, 1.807) is 4.90 Å². The number of likely N-dealkylation sites (tertiary alicyclic amines) is 1. The van der Waals surface area contributed by atoms with Crippen LogP contribution in [0.15, 0.2) is 18.2 Å². The molecule has 0 spiro atoms. The van der Waals surface area contributed by atoms with Gasteiger partial charge in [0.1, 0.15) is 0 Å². The van der Waals surface area contributed by atoms with Gasteiger partial charge in [-0.3, -0.25) is 9.59 Å². The van der Waals surface area contributed by atoms with Crippen molar-refractivity contribution in [2.45, 2.75) is 53.0 Å². The molecule has 4 nitrogen and oxygen atoms in total. The molecule has 120 valence electrons. The predicted molar refractivity (Wildman–Crippen MR) is 88.8 cm³/mol. The van der Waals surface area contributed by atoms with Gasteiger partial charge >= 0.3 is 0 Å². The standard InChI is InChI=1S/C18H26N2O2/c1-5-13-8-7-9-14(6-2)17(13)19-18(22)15-10-16(21)20(11-15)12(3)4/h7-9,12,15H,5-6,10-11H2,1-4H3,(H,19,22)/t15-/m0/s1. The van der Waals surface area contributed by atoms with Crippen LogP contribution in [0.5, 0.6) is 0 Å².